The van der Waals surface area contributed by atoms with E-state index in [0.717, 1.165) is 0 Å². The van der Waals surface area contributed by atoms with Crippen molar-refractivity contribution in [1.29, 1.82) is 0 Å². The number of hydrogen-bond acceptors (Lipinski definition) is 4. The minimum Gasteiger partial charge on any atom is -0.293 e. The van der Waals surface area contributed by atoms with Crippen molar-refractivity contribution in [2.75, 3.05) is 0 Å². The maximum Gasteiger partial charge on any atom is 0.181 e. The van der Waals surface area contributed by atoms with Crippen LogP contribution in [0.25, 0.3) is 0 Å². The molecule has 0 aliphatic rings. The quantitative estimate of drug-likeness (QED) is 0.774. The average molecular weight is 275 g/mol. The molecule has 3 nitrogen and oxygen atoms in total. The van der Waals surface area contributed by atoms with Gasteiger partial charge in [0.25, 0.3) is 0 Å². The first kappa shape index (κ1) is 15.2. The second kappa shape index (κ2) is 8.32. The molecule has 0 amide bonds. The molecule has 0 aliphatic heterocycles. The van der Waals surface area contributed by atoms with Crippen LogP contribution in [0.15, 0.2) is 41.9 Å². The summed E-state index contributed by atoms with van der Waals surface area (Å²) in [6, 6.07) is 8.80. The Kier molecular flexibility index (Phi) is 6.68. The molecule has 0 unspecified atom stereocenters. The van der Waals surface area contributed by atoms with E-state index in [9.17, 15) is 9.59 Å². The molecular weight excluding hydrogens is 258 g/mol. The Labute approximate surface area is 117 Å². The number of nitrogens with zero attached hydrogens (tertiary/aromatic N) is 1. The van der Waals surface area contributed by atoms with Crippen molar-refractivity contribution in [3.8, 4) is 0 Å². The van der Waals surface area contributed by atoms with E-state index in [1.54, 1.807) is 30.5 Å². The van der Waals surface area contributed by atoms with Crippen molar-refractivity contribution < 1.29 is 9.59 Å². The summed E-state index contributed by atoms with van der Waals surface area (Å²) in [7, 11) is 0. The normalized spacial score (nSPS) is 9.37. The van der Waals surface area contributed by atoms with Crippen LogP contribution >= 0.6 is 11.3 Å². The maximum atomic E-state index is 11.7. The number of aromatic nitrogens is 1. The average Bonchev–Trinajstić information content (AvgIpc) is 3.02. The van der Waals surface area contributed by atoms with Crippen LogP contribution in [0, 0.1) is 0 Å². The van der Waals surface area contributed by atoms with Gasteiger partial charge in [-0.1, -0.05) is 26.0 Å². The first-order chi connectivity index (χ1) is 9.27. The van der Waals surface area contributed by atoms with Crippen LogP contribution in [0.1, 0.15) is 46.8 Å². The first-order valence-corrected chi connectivity index (χ1v) is 7.16. The molecule has 4 heteroatoms. The van der Waals surface area contributed by atoms with Crippen molar-refractivity contribution in [3.63, 3.8) is 0 Å². The molecule has 0 radical (unpaired) electrons. The van der Waals surface area contributed by atoms with Crippen LogP contribution in [0.2, 0.25) is 0 Å². The van der Waals surface area contributed by atoms with E-state index in [1.165, 1.54) is 11.3 Å². The van der Waals surface area contributed by atoms with Crippen LogP contribution in [-0.2, 0) is 0 Å². The van der Waals surface area contributed by atoms with Gasteiger partial charge in [0.1, 0.15) is 5.69 Å². The number of thiophene rings is 1. The number of carbonyl (C=O) groups excluding carboxylic acids is 2. The molecule has 0 aromatic carbocycles. The summed E-state index contributed by atoms with van der Waals surface area (Å²) in [6.45, 7) is 4.00. The summed E-state index contributed by atoms with van der Waals surface area (Å²) in [6.07, 6.45) is 2.04. The fourth-order valence-corrected chi connectivity index (χ4v) is 2.14. The third-order valence-corrected chi connectivity index (χ3v) is 3.24. The largest absolute Gasteiger partial charge is 0.293 e. The monoisotopic (exact) mass is 275 g/mol. The van der Waals surface area contributed by atoms with Gasteiger partial charge in [-0.05, 0) is 23.6 Å². The number of ketones is 2. The van der Waals surface area contributed by atoms with Gasteiger partial charge in [0.15, 0.2) is 11.6 Å². The molecule has 0 atom stereocenters. The van der Waals surface area contributed by atoms with Crippen LogP contribution in [0.3, 0.4) is 0 Å². The number of hydrogen-bond donors (Lipinski definition) is 0. The van der Waals surface area contributed by atoms with Crippen LogP contribution in [0.4, 0.5) is 0 Å². The third-order valence-electron chi connectivity index (χ3n) is 2.33. The molecule has 0 saturated heterocycles. The van der Waals surface area contributed by atoms with E-state index in [4.69, 9.17) is 0 Å². The molecule has 2 aromatic heterocycles. The van der Waals surface area contributed by atoms with Gasteiger partial charge in [0.05, 0.1) is 4.88 Å². The molecular formula is C15H17NO2S. The number of Topliss-reactive ketones (excluding diaryl/α,β-unsaturated/α-hetero) is 2. The molecule has 19 heavy (non-hydrogen) atoms. The Morgan fingerprint density at radius 3 is 2.37 bits per heavy atom. The van der Waals surface area contributed by atoms with E-state index in [1.807, 2.05) is 25.3 Å². The highest BCUT2D eigenvalue weighted by molar-refractivity contribution is 7.12. The number of pyridine rings is 1. The van der Waals surface area contributed by atoms with E-state index >= 15 is 0 Å². The summed E-state index contributed by atoms with van der Waals surface area (Å²) in [5.74, 6) is -0.0696. The Morgan fingerprint density at radius 1 is 1.05 bits per heavy atom. The minimum atomic E-state index is -0.0875. The highest BCUT2D eigenvalue weighted by atomic mass is 32.1. The van der Waals surface area contributed by atoms with Gasteiger partial charge in [0.2, 0.25) is 0 Å². The van der Waals surface area contributed by atoms with Crippen LogP contribution in [-0.4, -0.2) is 16.6 Å². The molecule has 2 heterocycles. The lowest BCUT2D eigenvalue weighted by Gasteiger charge is -1.98. The topological polar surface area (TPSA) is 47.0 Å². The zero-order valence-electron chi connectivity index (χ0n) is 11.1. The highest BCUT2D eigenvalue weighted by Gasteiger charge is 2.11. The second-order valence-electron chi connectivity index (χ2n) is 3.54. The Morgan fingerprint density at radius 2 is 1.79 bits per heavy atom. The van der Waals surface area contributed by atoms with Gasteiger partial charge in [-0.3, -0.25) is 14.6 Å². The Balaban J connectivity index is 0.000000861. The van der Waals surface area contributed by atoms with E-state index < -0.39 is 0 Å². The summed E-state index contributed by atoms with van der Waals surface area (Å²) < 4.78 is 0. The third kappa shape index (κ3) is 4.75. The lowest BCUT2D eigenvalue weighted by atomic mass is 10.1. The lowest BCUT2D eigenvalue weighted by Crippen LogP contribution is -2.05. The van der Waals surface area contributed by atoms with Crippen molar-refractivity contribution in [3.05, 3.63) is 52.5 Å². The van der Waals surface area contributed by atoms with Crippen LogP contribution in [0.5, 0.6) is 0 Å². The van der Waals surface area contributed by atoms with Gasteiger partial charge in [-0.2, -0.15) is 0 Å². The van der Waals surface area contributed by atoms with E-state index in [0.29, 0.717) is 10.6 Å². The Hall–Kier alpha value is -1.81. The SMILES string of the molecule is CC.O=C(CCC(=O)c1cccs1)c1ccccn1. The fourth-order valence-electron chi connectivity index (χ4n) is 1.44. The summed E-state index contributed by atoms with van der Waals surface area (Å²) in [5, 5.41) is 1.85. The summed E-state index contributed by atoms with van der Waals surface area (Å²) in [5.41, 5.74) is 0.423. The zero-order chi connectivity index (χ0) is 14.1. The molecule has 0 spiro atoms. The molecule has 0 aliphatic carbocycles. The van der Waals surface area contributed by atoms with E-state index in [-0.39, 0.29) is 24.4 Å². The molecule has 2 aromatic rings. The summed E-state index contributed by atoms with van der Waals surface area (Å²) >= 11 is 1.40. The molecule has 0 fully saturated rings. The highest BCUT2D eigenvalue weighted by Crippen LogP contribution is 2.13. The van der Waals surface area contributed by atoms with Crippen molar-refractivity contribution in [1.82, 2.24) is 4.98 Å². The van der Waals surface area contributed by atoms with E-state index in [2.05, 4.69) is 4.98 Å². The summed E-state index contributed by atoms with van der Waals surface area (Å²) in [4.78, 5) is 28.1. The van der Waals surface area contributed by atoms with Gasteiger partial charge in [-0.25, -0.2) is 0 Å². The number of carbonyl (C=O) groups is 2. The second-order valence-corrected chi connectivity index (χ2v) is 4.49. The minimum absolute atomic E-state index is 0.0179. The molecule has 0 N–H and O–H groups in total. The number of rotatable bonds is 5. The maximum absolute atomic E-state index is 11.7. The van der Waals surface area contributed by atoms with Crippen molar-refractivity contribution >= 4 is 22.9 Å². The Bertz CT molecular complexity index is 506. The van der Waals surface area contributed by atoms with Gasteiger partial charge >= 0.3 is 0 Å². The predicted molar refractivity (Wildman–Crippen MR) is 77.8 cm³/mol. The molecule has 2 rings (SSSR count). The van der Waals surface area contributed by atoms with Gasteiger partial charge in [-0.15, -0.1) is 11.3 Å². The van der Waals surface area contributed by atoms with Crippen molar-refractivity contribution in [2.24, 2.45) is 0 Å². The first-order valence-electron chi connectivity index (χ1n) is 6.28. The van der Waals surface area contributed by atoms with Gasteiger partial charge < -0.3 is 0 Å². The molecule has 0 bridgehead atoms. The lowest BCUT2D eigenvalue weighted by molar-refractivity contribution is 0.0917. The molecule has 100 valence electrons. The zero-order valence-corrected chi connectivity index (χ0v) is 11.9. The molecule has 0 saturated carbocycles. The van der Waals surface area contributed by atoms with Crippen molar-refractivity contribution in [2.45, 2.75) is 26.7 Å². The predicted octanol–water partition coefficient (Wildman–Crippen LogP) is 4.02. The van der Waals surface area contributed by atoms with Crippen LogP contribution < -0.4 is 0 Å². The smallest absolute Gasteiger partial charge is 0.181 e. The standard InChI is InChI=1S/C13H11NO2S.C2H6/c15-11(10-4-1-2-8-14-10)6-7-12(16)13-5-3-9-17-13;1-2/h1-5,8-9H,6-7H2;1-2H3. The fraction of sp³-hybridized carbons (Fsp3) is 0.267. The van der Waals surface area contributed by atoms with Gasteiger partial charge in [0, 0.05) is 19.0 Å².